The fourth-order valence-corrected chi connectivity index (χ4v) is 2.81. The summed E-state index contributed by atoms with van der Waals surface area (Å²) in [5, 5.41) is 2.82. The van der Waals surface area contributed by atoms with Crippen LogP contribution in [0, 0.1) is 19.8 Å². The number of aryl methyl sites for hydroxylation is 2. The number of nitrogens with one attached hydrogen (secondary N) is 1. The molecule has 0 aliphatic carbocycles. The van der Waals surface area contributed by atoms with E-state index in [1.807, 2.05) is 32.0 Å². The van der Waals surface area contributed by atoms with E-state index < -0.39 is 0 Å². The van der Waals surface area contributed by atoms with Gasteiger partial charge in [-0.1, -0.05) is 12.1 Å². The molecule has 0 radical (unpaired) electrons. The zero-order valence-electron chi connectivity index (χ0n) is 13.2. The van der Waals surface area contributed by atoms with Crippen LogP contribution in [0.5, 0.6) is 0 Å². The second-order valence-corrected chi connectivity index (χ2v) is 5.93. The summed E-state index contributed by atoms with van der Waals surface area (Å²) in [6, 6.07) is 9.56. The SMILES string of the molecule is Cc1ccc(C)c(N2CC(C(=O)Nc3cccnc3)CC2=O)c1. The molecule has 1 aliphatic heterocycles. The molecule has 0 saturated carbocycles. The number of nitrogens with zero attached hydrogens (tertiary/aromatic N) is 2. The van der Waals surface area contributed by atoms with Crippen LogP contribution >= 0.6 is 0 Å². The van der Waals surface area contributed by atoms with Crippen LogP contribution in [0.2, 0.25) is 0 Å². The summed E-state index contributed by atoms with van der Waals surface area (Å²) in [7, 11) is 0. The molecule has 1 aliphatic rings. The molecular formula is C18H19N3O2. The number of anilines is 2. The fourth-order valence-electron chi connectivity index (χ4n) is 2.81. The summed E-state index contributed by atoms with van der Waals surface area (Å²) in [5.74, 6) is -0.494. The third kappa shape index (κ3) is 3.23. The Labute approximate surface area is 135 Å². The molecule has 3 rings (SSSR count). The Morgan fingerprint density at radius 3 is 2.87 bits per heavy atom. The molecule has 1 aromatic heterocycles. The Bertz CT molecular complexity index is 743. The maximum absolute atomic E-state index is 12.4. The van der Waals surface area contributed by atoms with E-state index in [2.05, 4.69) is 10.3 Å². The molecule has 0 bridgehead atoms. The number of rotatable bonds is 3. The maximum Gasteiger partial charge on any atom is 0.229 e. The third-order valence-corrected chi connectivity index (χ3v) is 4.08. The van der Waals surface area contributed by atoms with Gasteiger partial charge in [-0.2, -0.15) is 0 Å². The summed E-state index contributed by atoms with van der Waals surface area (Å²) in [4.78, 5) is 30.4. The molecule has 2 amide bonds. The van der Waals surface area contributed by atoms with Crippen molar-refractivity contribution in [1.29, 1.82) is 0 Å². The molecule has 5 nitrogen and oxygen atoms in total. The van der Waals surface area contributed by atoms with Crippen molar-refractivity contribution in [2.24, 2.45) is 5.92 Å². The van der Waals surface area contributed by atoms with Gasteiger partial charge < -0.3 is 10.2 Å². The number of benzene rings is 1. The van der Waals surface area contributed by atoms with E-state index in [4.69, 9.17) is 0 Å². The zero-order chi connectivity index (χ0) is 16.4. The lowest BCUT2D eigenvalue weighted by Crippen LogP contribution is -2.28. The Balaban J connectivity index is 1.74. The first-order chi connectivity index (χ1) is 11.0. The maximum atomic E-state index is 12.4. The molecular weight excluding hydrogens is 290 g/mol. The second-order valence-electron chi connectivity index (χ2n) is 5.93. The summed E-state index contributed by atoms with van der Waals surface area (Å²) >= 11 is 0. The standard InChI is InChI=1S/C18H19N3O2/c1-12-5-6-13(2)16(8-12)21-11-14(9-17(21)22)18(23)20-15-4-3-7-19-10-15/h3-8,10,14H,9,11H2,1-2H3,(H,20,23). The largest absolute Gasteiger partial charge is 0.324 e. The molecule has 5 heteroatoms. The number of amides is 2. The van der Waals surface area contributed by atoms with Gasteiger partial charge in [-0.25, -0.2) is 0 Å². The topological polar surface area (TPSA) is 62.3 Å². The minimum Gasteiger partial charge on any atom is -0.324 e. The van der Waals surface area contributed by atoms with E-state index >= 15 is 0 Å². The lowest BCUT2D eigenvalue weighted by Gasteiger charge is -2.19. The second kappa shape index (κ2) is 6.20. The van der Waals surface area contributed by atoms with Crippen LogP contribution in [0.3, 0.4) is 0 Å². The molecule has 2 heterocycles. The van der Waals surface area contributed by atoms with Crippen LogP contribution < -0.4 is 10.2 Å². The molecule has 1 atom stereocenters. The van der Waals surface area contributed by atoms with E-state index in [9.17, 15) is 9.59 Å². The minimum absolute atomic E-state index is 0.00923. The van der Waals surface area contributed by atoms with Gasteiger partial charge in [0.05, 0.1) is 17.8 Å². The highest BCUT2D eigenvalue weighted by molar-refractivity contribution is 6.03. The van der Waals surface area contributed by atoms with Crippen molar-refractivity contribution in [2.45, 2.75) is 20.3 Å². The summed E-state index contributed by atoms with van der Waals surface area (Å²) in [6.45, 7) is 4.39. The predicted molar refractivity (Wildman–Crippen MR) is 89.2 cm³/mol. The first-order valence-electron chi connectivity index (χ1n) is 7.63. The van der Waals surface area contributed by atoms with E-state index in [1.54, 1.807) is 29.4 Å². The molecule has 1 unspecified atom stereocenters. The molecule has 2 aromatic rings. The van der Waals surface area contributed by atoms with Gasteiger partial charge in [0.1, 0.15) is 0 Å². The molecule has 118 valence electrons. The van der Waals surface area contributed by atoms with E-state index in [0.29, 0.717) is 12.2 Å². The quantitative estimate of drug-likeness (QED) is 0.948. The van der Waals surface area contributed by atoms with Crippen LogP contribution in [0.25, 0.3) is 0 Å². The summed E-state index contributed by atoms with van der Waals surface area (Å²) < 4.78 is 0. The lowest BCUT2D eigenvalue weighted by molar-refractivity contribution is -0.122. The van der Waals surface area contributed by atoms with Crippen molar-refractivity contribution in [3.8, 4) is 0 Å². The number of carbonyl (C=O) groups is 2. The highest BCUT2D eigenvalue weighted by Crippen LogP contribution is 2.29. The molecule has 1 fully saturated rings. The Kier molecular flexibility index (Phi) is 4.10. The van der Waals surface area contributed by atoms with Gasteiger partial charge in [-0.05, 0) is 43.2 Å². The lowest BCUT2D eigenvalue weighted by atomic mass is 10.1. The van der Waals surface area contributed by atoms with Gasteiger partial charge in [0.25, 0.3) is 0 Å². The fraction of sp³-hybridized carbons (Fsp3) is 0.278. The molecule has 1 aromatic carbocycles. The molecule has 23 heavy (non-hydrogen) atoms. The van der Waals surface area contributed by atoms with Crippen molar-refractivity contribution < 1.29 is 9.59 Å². The first-order valence-corrected chi connectivity index (χ1v) is 7.63. The van der Waals surface area contributed by atoms with Gasteiger partial charge in [0, 0.05) is 24.8 Å². The van der Waals surface area contributed by atoms with Crippen molar-refractivity contribution in [3.05, 3.63) is 53.9 Å². The van der Waals surface area contributed by atoms with Crippen molar-refractivity contribution in [1.82, 2.24) is 4.98 Å². The normalized spacial score (nSPS) is 17.4. The third-order valence-electron chi connectivity index (χ3n) is 4.08. The first kappa shape index (κ1) is 15.2. The van der Waals surface area contributed by atoms with E-state index in [1.165, 1.54) is 0 Å². The number of carbonyl (C=O) groups excluding carboxylic acids is 2. The van der Waals surface area contributed by atoms with Crippen LogP contribution in [-0.4, -0.2) is 23.3 Å². The van der Waals surface area contributed by atoms with Crippen LogP contribution in [0.1, 0.15) is 17.5 Å². The number of hydrogen-bond donors (Lipinski definition) is 1. The van der Waals surface area contributed by atoms with E-state index in [-0.39, 0.29) is 24.2 Å². The zero-order valence-corrected chi connectivity index (χ0v) is 13.2. The summed E-state index contributed by atoms with van der Waals surface area (Å²) in [6.07, 6.45) is 3.48. The van der Waals surface area contributed by atoms with Crippen molar-refractivity contribution >= 4 is 23.2 Å². The van der Waals surface area contributed by atoms with Crippen molar-refractivity contribution in [2.75, 3.05) is 16.8 Å². The number of aromatic nitrogens is 1. The van der Waals surface area contributed by atoms with Gasteiger partial charge in [-0.3, -0.25) is 14.6 Å². The molecule has 1 saturated heterocycles. The smallest absolute Gasteiger partial charge is 0.229 e. The number of hydrogen-bond acceptors (Lipinski definition) is 3. The monoisotopic (exact) mass is 309 g/mol. The van der Waals surface area contributed by atoms with Gasteiger partial charge in [0.15, 0.2) is 0 Å². The highest BCUT2D eigenvalue weighted by Gasteiger charge is 2.35. The van der Waals surface area contributed by atoms with Gasteiger partial charge in [0.2, 0.25) is 11.8 Å². The Hall–Kier alpha value is -2.69. The molecule has 0 spiro atoms. The number of pyridine rings is 1. The van der Waals surface area contributed by atoms with Gasteiger partial charge >= 0.3 is 0 Å². The van der Waals surface area contributed by atoms with Crippen LogP contribution in [0.15, 0.2) is 42.7 Å². The van der Waals surface area contributed by atoms with Gasteiger partial charge in [-0.15, -0.1) is 0 Å². The van der Waals surface area contributed by atoms with Crippen LogP contribution in [-0.2, 0) is 9.59 Å². The minimum atomic E-state index is -0.345. The van der Waals surface area contributed by atoms with E-state index in [0.717, 1.165) is 16.8 Å². The summed E-state index contributed by atoms with van der Waals surface area (Å²) in [5.41, 5.74) is 3.68. The average Bonchev–Trinajstić information content (AvgIpc) is 2.92. The Morgan fingerprint density at radius 2 is 2.13 bits per heavy atom. The highest BCUT2D eigenvalue weighted by atomic mass is 16.2. The van der Waals surface area contributed by atoms with Crippen LogP contribution in [0.4, 0.5) is 11.4 Å². The molecule has 1 N–H and O–H groups in total. The average molecular weight is 309 g/mol. The Morgan fingerprint density at radius 1 is 1.30 bits per heavy atom. The van der Waals surface area contributed by atoms with Crippen molar-refractivity contribution in [3.63, 3.8) is 0 Å². The predicted octanol–water partition coefficient (Wildman–Crippen LogP) is 2.69.